The third-order valence-corrected chi connectivity index (χ3v) is 5.17. The van der Waals surface area contributed by atoms with Crippen LogP contribution in [0.25, 0.3) is 0 Å². The van der Waals surface area contributed by atoms with Gasteiger partial charge in [-0.2, -0.15) is 0 Å². The molecule has 1 aliphatic rings. The van der Waals surface area contributed by atoms with Crippen LogP contribution in [-0.2, 0) is 21.4 Å². The maximum absolute atomic E-state index is 12.3. The van der Waals surface area contributed by atoms with Crippen LogP contribution in [0.5, 0.6) is 0 Å². The van der Waals surface area contributed by atoms with Crippen molar-refractivity contribution in [3.05, 3.63) is 59.2 Å². The van der Waals surface area contributed by atoms with Crippen LogP contribution in [0.2, 0.25) is 0 Å². The van der Waals surface area contributed by atoms with E-state index in [1.165, 1.54) is 22.6 Å². The normalized spacial score (nSPS) is 14.3. The SMILES string of the molecule is CC(C)c1ccc(CN2C(=O)C(=O)c3cc(S(N)(=O)=O)ccc32)cc1. The third-order valence-electron chi connectivity index (χ3n) is 4.26. The molecule has 25 heavy (non-hydrogen) atoms. The number of carbonyl (C=O) groups is 2. The Balaban J connectivity index is 1.94. The number of Topliss-reactive ketones (excluding diaryl/α,β-unsaturated/α-hetero) is 1. The summed E-state index contributed by atoms with van der Waals surface area (Å²) in [5.74, 6) is -0.991. The first-order chi connectivity index (χ1) is 11.7. The molecule has 0 bridgehead atoms. The number of primary sulfonamides is 1. The number of anilines is 1. The van der Waals surface area contributed by atoms with Crippen LogP contribution in [0.4, 0.5) is 5.69 Å². The molecule has 0 spiro atoms. The van der Waals surface area contributed by atoms with Crippen molar-refractivity contribution in [2.75, 3.05) is 4.90 Å². The Labute approximate surface area is 146 Å². The van der Waals surface area contributed by atoms with Crippen molar-refractivity contribution < 1.29 is 18.0 Å². The lowest BCUT2D eigenvalue weighted by atomic mass is 10.0. The lowest BCUT2D eigenvalue weighted by molar-refractivity contribution is -0.114. The van der Waals surface area contributed by atoms with Crippen molar-refractivity contribution in [3.8, 4) is 0 Å². The largest absolute Gasteiger partial charge is 0.300 e. The van der Waals surface area contributed by atoms with Crippen molar-refractivity contribution in [1.82, 2.24) is 0 Å². The molecule has 2 N–H and O–H groups in total. The van der Waals surface area contributed by atoms with Gasteiger partial charge in [0.25, 0.3) is 11.7 Å². The minimum atomic E-state index is -3.94. The van der Waals surface area contributed by atoms with E-state index >= 15 is 0 Å². The van der Waals surface area contributed by atoms with Crippen LogP contribution in [0.15, 0.2) is 47.4 Å². The molecule has 0 aromatic heterocycles. The molecule has 6 nitrogen and oxygen atoms in total. The first-order valence-electron chi connectivity index (χ1n) is 7.80. The fourth-order valence-corrected chi connectivity index (χ4v) is 3.34. The molecule has 0 radical (unpaired) electrons. The lowest BCUT2D eigenvalue weighted by Gasteiger charge is -2.17. The lowest BCUT2D eigenvalue weighted by Crippen LogP contribution is -2.29. The van der Waals surface area contributed by atoms with Crippen molar-refractivity contribution in [2.24, 2.45) is 5.14 Å². The summed E-state index contributed by atoms with van der Waals surface area (Å²) in [6.07, 6.45) is 0. The summed E-state index contributed by atoms with van der Waals surface area (Å²) < 4.78 is 22.9. The standard InChI is InChI=1S/C18H18N2O4S/c1-11(2)13-5-3-12(4-6-13)10-20-16-8-7-14(25(19,23)24)9-15(16)17(21)18(20)22/h3-9,11H,10H2,1-2H3,(H2,19,23,24). The summed E-state index contributed by atoms with van der Waals surface area (Å²) >= 11 is 0. The predicted octanol–water partition coefficient (Wildman–Crippen LogP) is 2.19. The Bertz CT molecular complexity index is 963. The van der Waals surface area contributed by atoms with Crippen molar-refractivity contribution >= 4 is 27.4 Å². The van der Waals surface area contributed by atoms with E-state index in [0.717, 1.165) is 11.6 Å². The highest BCUT2D eigenvalue weighted by molar-refractivity contribution is 7.89. The van der Waals surface area contributed by atoms with Crippen LogP contribution in [0, 0.1) is 0 Å². The zero-order chi connectivity index (χ0) is 18.4. The van der Waals surface area contributed by atoms with Crippen molar-refractivity contribution in [3.63, 3.8) is 0 Å². The summed E-state index contributed by atoms with van der Waals surface area (Å²) in [6, 6.07) is 11.7. The summed E-state index contributed by atoms with van der Waals surface area (Å²) in [6.45, 7) is 4.43. The number of amides is 1. The molecule has 0 saturated carbocycles. The molecule has 0 fully saturated rings. The smallest absolute Gasteiger partial charge is 0.299 e. The van der Waals surface area contributed by atoms with E-state index in [2.05, 4.69) is 13.8 Å². The van der Waals surface area contributed by atoms with Gasteiger partial charge >= 0.3 is 0 Å². The van der Waals surface area contributed by atoms with E-state index in [0.29, 0.717) is 11.6 Å². The molecule has 3 rings (SSSR count). The molecule has 0 saturated heterocycles. The van der Waals surface area contributed by atoms with Gasteiger partial charge in [0.2, 0.25) is 10.0 Å². The number of carbonyl (C=O) groups excluding carboxylic acids is 2. The maximum Gasteiger partial charge on any atom is 0.299 e. The molecule has 0 atom stereocenters. The van der Waals surface area contributed by atoms with Gasteiger partial charge < -0.3 is 4.90 Å². The van der Waals surface area contributed by atoms with Gasteiger partial charge in [0.1, 0.15) is 0 Å². The fraction of sp³-hybridized carbons (Fsp3) is 0.222. The highest BCUT2D eigenvalue weighted by Gasteiger charge is 2.36. The molecule has 0 aliphatic carbocycles. The molecule has 2 aromatic carbocycles. The Morgan fingerprint density at radius 3 is 2.24 bits per heavy atom. The minimum absolute atomic E-state index is 0.0651. The van der Waals surface area contributed by atoms with Crippen LogP contribution in [0.1, 0.15) is 41.3 Å². The number of fused-ring (bicyclic) bond motifs is 1. The van der Waals surface area contributed by atoms with Crippen LogP contribution in [-0.4, -0.2) is 20.1 Å². The predicted molar refractivity (Wildman–Crippen MR) is 93.9 cm³/mol. The van der Waals surface area contributed by atoms with E-state index in [1.54, 1.807) is 0 Å². The van der Waals surface area contributed by atoms with E-state index in [-0.39, 0.29) is 17.0 Å². The van der Waals surface area contributed by atoms with E-state index in [1.807, 2.05) is 24.3 Å². The molecule has 1 heterocycles. The average molecular weight is 358 g/mol. The topological polar surface area (TPSA) is 97.5 Å². The number of benzene rings is 2. The van der Waals surface area contributed by atoms with Gasteiger partial charge in [-0.15, -0.1) is 0 Å². The number of nitrogens with two attached hydrogens (primary N) is 1. The number of sulfonamides is 1. The van der Waals surface area contributed by atoms with E-state index in [4.69, 9.17) is 5.14 Å². The summed E-state index contributed by atoms with van der Waals surface area (Å²) in [4.78, 5) is 25.7. The zero-order valence-corrected chi connectivity index (χ0v) is 14.7. The zero-order valence-electron chi connectivity index (χ0n) is 13.9. The molecular weight excluding hydrogens is 340 g/mol. The van der Waals surface area contributed by atoms with Crippen LogP contribution in [0.3, 0.4) is 0 Å². The monoisotopic (exact) mass is 358 g/mol. The van der Waals surface area contributed by atoms with Crippen molar-refractivity contribution in [1.29, 1.82) is 0 Å². The molecular formula is C18H18N2O4S. The van der Waals surface area contributed by atoms with Gasteiger partial charge in [-0.25, -0.2) is 13.6 Å². The number of ketones is 1. The second kappa shape index (κ2) is 6.09. The first-order valence-corrected chi connectivity index (χ1v) is 9.35. The van der Waals surface area contributed by atoms with Gasteiger partial charge in [-0.05, 0) is 35.2 Å². The third kappa shape index (κ3) is 3.20. The maximum atomic E-state index is 12.3. The molecule has 2 aromatic rings. The quantitative estimate of drug-likeness (QED) is 0.847. The van der Waals surface area contributed by atoms with Crippen molar-refractivity contribution in [2.45, 2.75) is 31.2 Å². The number of hydrogen-bond acceptors (Lipinski definition) is 4. The van der Waals surface area contributed by atoms with Gasteiger partial charge in [-0.3, -0.25) is 9.59 Å². The Morgan fingerprint density at radius 1 is 1.04 bits per heavy atom. The molecule has 1 aliphatic heterocycles. The first kappa shape index (κ1) is 17.3. The van der Waals surface area contributed by atoms with Gasteiger partial charge in [0.05, 0.1) is 22.7 Å². The van der Waals surface area contributed by atoms with Gasteiger partial charge in [0, 0.05) is 0 Å². The number of nitrogens with zero attached hydrogens (tertiary/aromatic N) is 1. The highest BCUT2D eigenvalue weighted by atomic mass is 32.2. The second-order valence-electron chi connectivity index (χ2n) is 6.34. The Kier molecular flexibility index (Phi) is 4.22. The Hall–Kier alpha value is -2.51. The van der Waals surface area contributed by atoms with E-state index in [9.17, 15) is 18.0 Å². The van der Waals surface area contributed by atoms with Gasteiger partial charge in [-0.1, -0.05) is 38.1 Å². The molecule has 0 unspecified atom stereocenters. The Morgan fingerprint density at radius 2 is 1.68 bits per heavy atom. The average Bonchev–Trinajstić information content (AvgIpc) is 2.79. The minimum Gasteiger partial charge on any atom is -0.300 e. The second-order valence-corrected chi connectivity index (χ2v) is 7.90. The summed E-state index contributed by atoms with van der Waals surface area (Å²) in [5, 5.41) is 5.09. The summed E-state index contributed by atoms with van der Waals surface area (Å²) in [7, 11) is -3.94. The fourth-order valence-electron chi connectivity index (χ4n) is 2.80. The van der Waals surface area contributed by atoms with Crippen LogP contribution < -0.4 is 10.0 Å². The number of hydrogen-bond donors (Lipinski definition) is 1. The highest BCUT2D eigenvalue weighted by Crippen LogP contribution is 2.32. The molecule has 1 amide bonds. The summed E-state index contributed by atoms with van der Waals surface area (Å²) in [5.41, 5.74) is 2.53. The van der Waals surface area contributed by atoms with Crippen LogP contribution >= 0.6 is 0 Å². The number of rotatable bonds is 4. The molecule has 130 valence electrons. The van der Waals surface area contributed by atoms with E-state index < -0.39 is 21.7 Å². The van der Waals surface area contributed by atoms with Gasteiger partial charge in [0.15, 0.2) is 0 Å². The molecule has 7 heteroatoms.